The Balaban J connectivity index is 2.03. The van der Waals surface area contributed by atoms with E-state index < -0.39 is 0 Å². The number of thioether (sulfide) groups is 1. The lowest BCUT2D eigenvalue weighted by Gasteiger charge is -2.23. The molecule has 0 spiro atoms. The van der Waals surface area contributed by atoms with Crippen LogP contribution in [0.4, 0.5) is 0 Å². The van der Waals surface area contributed by atoms with Crippen LogP contribution in [0.25, 0.3) is 0 Å². The van der Waals surface area contributed by atoms with Gasteiger partial charge < -0.3 is 10.6 Å². The fourth-order valence-electron chi connectivity index (χ4n) is 1.62. The third kappa shape index (κ3) is 4.86. The molecular weight excluding hydrogens is 196 g/mol. The first-order chi connectivity index (χ1) is 6.83. The first kappa shape index (κ1) is 11.9. The molecule has 1 heterocycles. The topological polar surface area (TPSA) is 41.1 Å². The molecule has 82 valence electrons. The summed E-state index contributed by atoms with van der Waals surface area (Å²) >= 11 is 1.71. The molecule has 0 aromatic carbocycles. The summed E-state index contributed by atoms with van der Waals surface area (Å²) in [5, 5.41) is 6.38. The normalized spacial score (nSPS) is 21.9. The summed E-state index contributed by atoms with van der Waals surface area (Å²) in [5.41, 5.74) is 0. The van der Waals surface area contributed by atoms with E-state index in [0.29, 0.717) is 12.5 Å². The maximum Gasteiger partial charge on any atom is 0.220 e. The van der Waals surface area contributed by atoms with Gasteiger partial charge in [0.15, 0.2) is 0 Å². The fraction of sp³-hybridized carbons (Fsp3) is 0.900. The van der Waals surface area contributed by atoms with E-state index in [9.17, 15) is 4.79 Å². The maximum absolute atomic E-state index is 11.3. The van der Waals surface area contributed by atoms with Crippen molar-refractivity contribution in [2.75, 3.05) is 25.1 Å². The van der Waals surface area contributed by atoms with E-state index in [4.69, 9.17) is 0 Å². The molecule has 0 bridgehead atoms. The van der Waals surface area contributed by atoms with E-state index in [1.165, 1.54) is 19.3 Å². The minimum Gasteiger partial charge on any atom is -0.355 e. The van der Waals surface area contributed by atoms with Gasteiger partial charge in [-0.1, -0.05) is 6.42 Å². The Morgan fingerprint density at radius 2 is 2.43 bits per heavy atom. The Morgan fingerprint density at radius 1 is 1.57 bits per heavy atom. The largest absolute Gasteiger partial charge is 0.355 e. The van der Waals surface area contributed by atoms with Gasteiger partial charge in [-0.2, -0.15) is 11.8 Å². The van der Waals surface area contributed by atoms with Crippen LogP contribution in [-0.4, -0.2) is 37.0 Å². The molecule has 0 saturated carbocycles. The zero-order valence-electron chi connectivity index (χ0n) is 8.84. The molecule has 1 fully saturated rings. The lowest BCUT2D eigenvalue weighted by atomic mass is 10.1. The van der Waals surface area contributed by atoms with Crippen LogP contribution >= 0.6 is 11.8 Å². The van der Waals surface area contributed by atoms with Gasteiger partial charge in [0.25, 0.3) is 0 Å². The Kier molecular flexibility index (Phi) is 6.03. The van der Waals surface area contributed by atoms with Gasteiger partial charge in [-0.15, -0.1) is 0 Å². The molecule has 1 saturated heterocycles. The minimum absolute atomic E-state index is 0.187. The Bertz CT molecular complexity index is 170. The first-order valence-corrected chi connectivity index (χ1v) is 6.71. The Labute approximate surface area is 90.4 Å². The maximum atomic E-state index is 11.3. The Hall–Kier alpha value is -0.220. The van der Waals surface area contributed by atoms with E-state index in [-0.39, 0.29) is 5.91 Å². The summed E-state index contributed by atoms with van der Waals surface area (Å²) in [6, 6.07) is 0.502. The number of rotatable bonds is 5. The van der Waals surface area contributed by atoms with E-state index in [1.54, 1.807) is 11.8 Å². The highest BCUT2D eigenvalue weighted by Crippen LogP contribution is 2.05. The summed E-state index contributed by atoms with van der Waals surface area (Å²) < 4.78 is 0. The van der Waals surface area contributed by atoms with Gasteiger partial charge in [0.1, 0.15) is 0 Å². The number of carbonyl (C=O) groups is 1. The van der Waals surface area contributed by atoms with Crippen molar-refractivity contribution in [3.05, 3.63) is 0 Å². The van der Waals surface area contributed by atoms with Crippen LogP contribution in [0.3, 0.4) is 0 Å². The molecule has 1 atom stereocenters. The van der Waals surface area contributed by atoms with Crippen molar-refractivity contribution >= 4 is 17.7 Å². The van der Waals surface area contributed by atoms with Gasteiger partial charge >= 0.3 is 0 Å². The molecule has 3 nitrogen and oxygen atoms in total. The Morgan fingerprint density at radius 3 is 3.07 bits per heavy atom. The van der Waals surface area contributed by atoms with Crippen molar-refractivity contribution < 1.29 is 4.79 Å². The molecule has 4 heteroatoms. The molecule has 1 unspecified atom stereocenters. The predicted octanol–water partition coefficient (Wildman–Crippen LogP) is 0.998. The van der Waals surface area contributed by atoms with E-state index in [1.807, 2.05) is 6.26 Å². The van der Waals surface area contributed by atoms with E-state index in [0.717, 1.165) is 18.8 Å². The van der Waals surface area contributed by atoms with Crippen molar-refractivity contribution in [2.24, 2.45) is 0 Å². The zero-order valence-corrected chi connectivity index (χ0v) is 9.66. The summed E-state index contributed by atoms with van der Waals surface area (Å²) in [4.78, 5) is 11.3. The molecule has 0 aromatic rings. The van der Waals surface area contributed by atoms with Crippen molar-refractivity contribution in [3.8, 4) is 0 Å². The van der Waals surface area contributed by atoms with Crippen molar-refractivity contribution in [1.82, 2.24) is 10.6 Å². The summed E-state index contributed by atoms with van der Waals surface area (Å²) in [6.45, 7) is 1.90. The number of nitrogens with one attached hydrogen (secondary N) is 2. The SMILES string of the molecule is CSCCC(=O)NCC1CCCCN1. The molecule has 0 radical (unpaired) electrons. The van der Waals surface area contributed by atoms with E-state index >= 15 is 0 Å². The highest BCUT2D eigenvalue weighted by atomic mass is 32.2. The summed E-state index contributed by atoms with van der Waals surface area (Å²) in [7, 11) is 0. The highest BCUT2D eigenvalue weighted by molar-refractivity contribution is 7.98. The van der Waals surface area contributed by atoms with Crippen molar-refractivity contribution in [3.63, 3.8) is 0 Å². The smallest absolute Gasteiger partial charge is 0.220 e. The average Bonchev–Trinajstić information content (AvgIpc) is 2.25. The lowest BCUT2D eigenvalue weighted by molar-refractivity contribution is -0.120. The molecule has 1 aliphatic rings. The van der Waals surface area contributed by atoms with Gasteiger partial charge in [-0.25, -0.2) is 0 Å². The van der Waals surface area contributed by atoms with Gasteiger partial charge in [-0.3, -0.25) is 4.79 Å². The van der Waals surface area contributed by atoms with Crippen LogP contribution < -0.4 is 10.6 Å². The number of carbonyl (C=O) groups excluding carboxylic acids is 1. The number of amides is 1. The molecule has 2 N–H and O–H groups in total. The molecule has 14 heavy (non-hydrogen) atoms. The molecular formula is C10H20N2OS. The standard InChI is InChI=1S/C10H20N2OS/c1-14-7-5-10(13)12-8-9-4-2-3-6-11-9/h9,11H,2-8H2,1H3,(H,12,13). The van der Waals surface area contributed by atoms with Gasteiger partial charge in [-0.05, 0) is 25.6 Å². The monoisotopic (exact) mass is 216 g/mol. The predicted molar refractivity (Wildman–Crippen MR) is 61.7 cm³/mol. The van der Waals surface area contributed by atoms with Crippen LogP contribution in [0.15, 0.2) is 0 Å². The number of hydrogen-bond donors (Lipinski definition) is 2. The second-order valence-corrected chi connectivity index (χ2v) is 4.68. The van der Waals surface area contributed by atoms with E-state index in [2.05, 4.69) is 10.6 Å². The van der Waals surface area contributed by atoms with Gasteiger partial charge in [0, 0.05) is 24.8 Å². The lowest BCUT2D eigenvalue weighted by Crippen LogP contribution is -2.43. The van der Waals surface area contributed by atoms with Crippen LogP contribution in [0.5, 0.6) is 0 Å². The molecule has 0 aliphatic carbocycles. The quantitative estimate of drug-likeness (QED) is 0.720. The van der Waals surface area contributed by atoms with Crippen LogP contribution in [-0.2, 0) is 4.79 Å². The summed E-state index contributed by atoms with van der Waals surface area (Å²) in [5.74, 6) is 1.11. The van der Waals surface area contributed by atoms with Crippen LogP contribution in [0, 0.1) is 0 Å². The van der Waals surface area contributed by atoms with Crippen LogP contribution in [0.1, 0.15) is 25.7 Å². The summed E-state index contributed by atoms with van der Waals surface area (Å²) in [6.07, 6.45) is 6.43. The van der Waals surface area contributed by atoms with Gasteiger partial charge in [0.05, 0.1) is 0 Å². The average molecular weight is 216 g/mol. The minimum atomic E-state index is 0.187. The number of hydrogen-bond acceptors (Lipinski definition) is 3. The third-order valence-electron chi connectivity index (χ3n) is 2.49. The van der Waals surface area contributed by atoms with Gasteiger partial charge in [0.2, 0.25) is 5.91 Å². The molecule has 1 aliphatic heterocycles. The first-order valence-electron chi connectivity index (χ1n) is 5.32. The van der Waals surface area contributed by atoms with Crippen molar-refractivity contribution in [1.29, 1.82) is 0 Å². The number of piperidine rings is 1. The zero-order chi connectivity index (χ0) is 10.2. The second-order valence-electron chi connectivity index (χ2n) is 3.69. The highest BCUT2D eigenvalue weighted by Gasteiger charge is 2.12. The van der Waals surface area contributed by atoms with Crippen LogP contribution in [0.2, 0.25) is 0 Å². The molecule has 1 rings (SSSR count). The molecule has 1 amide bonds. The fourth-order valence-corrected chi connectivity index (χ4v) is 2.01. The molecule has 0 aromatic heterocycles. The van der Waals surface area contributed by atoms with Crippen molar-refractivity contribution in [2.45, 2.75) is 31.7 Å². The second kappa shape index (κ2) is 7.12. The third-order valence-corrected chi connectivity index (χ3v) is 3.10.